The van der Waals surface area contributed by atoms with Crippen molar-refractivity contribution in [1.82, 2.24) is 10.2 Å². The zero-order valence-electron chi connectivity index (χ0n) is 10.6. The van der Waals surface area contributed by atoms with E-state index >= 15 is 0 Å². The van der Waals surface area contributed by atoms with Crippen LogP contribution in [-0.2, 0) is 0 Å². The molecule has 2 aliphatic rings. The molecule has 0 aromatic heterocycles. The van der Waals surface area contributed by atoms with Gasteiger partial charge in [0.1, 0.15) is 0 Å². The SMILES string of the molecule is CCC(C)C1CNC2(CCCC2)CN1C. The standard InChI is InChI=1S/C13H26N2/c1-4-11(2)12-9-14-13(10-15(12)3)7-5-6-8-13/h11-12,14H,4-10H2,1-3H3. The van der Waals surface area contributed by atoms with E-state index in [1.807, 2.05) is 0 Å². The molecule has 0 bridgehead atoms. The Morgan fingerprint density at radius 3 is 2.60 bits per heavy atom. The van der Waals surface area contributed by atoms with Gasteiger partial charge in [0.25, 0.3) is 0 Å². The number of likely N-dealkylation sites (N-methyl/N-ethyl adjacent to an activating group) is 1. The van der Waals surface area contributed by atoms with Gasteiger partial charge in [-0.15, -0.1) is 0 Å². The molecule has 1 saturated carbocycles. The van der Waals surface area contributed by atoms with Crippen molar-refractivity contribution in [2.45, 2.75) is 57.5 Å². The summed E-state index contributed by atoms with van der Waals surface area (Å²) >= 11 is 0. The molecule has 1 N–H and O–H groups in total. The molecule has 1 aliphatic carbocycles. The number of nitrogens with one attached hydrogen (secondary N) is 1. The maximum Gasteiger partial charge on any atom is 0.0309 e. The summed E-state index contributed by atoms with van der Waals surface area (Å²) < 4.78 is 0. The minimum Gasteiger partial charge on any atom is -0.308 e. The number of nitrogens with zero attached hydrogens (tertiary/aromatic N) is 1. The summed E-state index contributed by atoms with van der Waals surface area (Å²) in [7, 11) is 2.32. The van der Waals surface area contributed by atoms with Crippen LogP contribution in [0.2, 0.25) is 0 Å². The topological polar surface area (TPSA) is 15.3 Å². The van der Waals surface area contributed by atoms with E-state index in [4.69, 9.17) is 0 Å². The lowest BCUT2D eigenvalue weighted by Crippen LogP contribution is -2.63. The Kier molecular flexibility index (Phi) is 3.36. The summed E-state index contributed by atoms with van der Waals surface area (Å²) in [5.41, 5.74) is 0.485. The second-order valence-electron chi connectivity index (χ2n) is 5.74. The number of hydrogen-bond acceptors (Lipinski definition) is 2. The number of piperazine rings is 1. The van der Waals surface area contributed by atoms with Gasteiger partial charge in [-0.05, 0) is 25.8 Å². The fourth-order valence-electron chi connectivity index (χ4n) is 3.42. The monoisotopic (exact) mass is 210 g/mol. The van der Waals surface area contributed by atoms with E-state index in [0.717, 1.165) is 12.0 Å². The van der Waals surface area contributed by atoms with Gasteiger partial charge in [0.2, 0.25) is 0 Å². The van der Waals surface area contributed by atoms with Gasteiger partial charge in [-0.2, -0.15) is 0 Å². The summed E-state index contributed by atoms with van der Waals surface area (Å²) in [6, 6.07) is 0.751. The minimum atomic E-state index is 0.485. The van der Waals surface area contributed by atoms with Gasteiger partial charge in [0, 0.05) is 24.7 Å². The van der Waals surface area contributed by atoms with E-state index in [1.54, 1.807) is 0 Å². The van der Waals surface area contributed by atoms with Crippen molar-refractivity contribution in [3.63, 3.8) is 0 Å². The van der Waals surface area contributed by atoms with Crippen LogP contribution >= 0.6 is 0 Å². The molecule has 1 heterocycles. The van der Waals surface area contributed by atoms with Gasteiger partial charge >= 0.3 is 0 Å². The Morgan fingerprint density at radius 1 is 1.40 bits per heavy atom. The van der Waals surface area contributed by atoms with Gasteiger partial charge in [-0.25, -0.2) is 0 Å². The van der Waals surface area contributed by atoms with Crippen LogP contribution in [0.4, 0.5) is 0 Å². The molecule has 2 unspecified atom stereocenters. The first kappa shape index (κ1) is 11.4. The van der Waals surface area contributed by atoms with E-state index in [-0.39, 0.29) is 0 Å². The molecule has 2 nitrogen and oxygen atoms in total. The molecule has 15 heavy (non-hydrogen) atoms. The van der Waals surface area contributed by atoms with Crippen molar-refractivity contribution in [2.24, 2.45) is 5.92 Å². The highest BCUT2D eigenvalue weighted by molar-refractivity contribution is 5.00. The van der Waals surface area contributed by atoms with Crippen LogP contribution in [0.25, 0.3) is 0 Å². The van der Waals surface area contributed by atoms with Crippen molar-refractivity contribution < 1.29 is 0 Å². The Morgan fingerprint density at radius 2 is 2.07 bits per heavy atom. The number of hydrogen-bond donors (Lipinski definition) is 1. The second-order valence-corrected chi connectivity index (χ2v) is 5.74. The minimum absolute atomic E-state index is 0.485. The summed E-state index contributed by atoms with van der Waals surface area (Å²) in [6.45, 7) is 7.15. The Labute approximate surface area is 94.4 Å². The first-order valence-electron chi connectivity index (χ1n) is 6.62. The van der Waals surface area contributed by atoms with Crippen molar-refractivity contribution in [3.8, 4) is 0 Å². The van der Waals surface area contributed by atoms with E-state index < -0.39 is 0 Å². The van der Waals surface area contributed by atoms with Crippen molar-refractivity contribution in [3.05, 3.63) is 0 Å². The van der Waals surface area contributed by atoms with Gasteiger partial charge < -0.3 is 10.2 Å². The Bertz CT molecular complexity index is 209. The van der Waals surface area contributed by atoms with Crippen LogP contribution in [0.5, 0.6) is 0 Å². The van der Waals surface area contributed by atoms with Crippen LogP contribution < -0.4 is 5.32 Å². The zero-order chi connectivity index (χ0) is 10.9. The predicted molar refractivity (Wildman–Crippen MR) is 65.1 cm³/mol. The summed E-state index contributed by atoms with van der Waals surface area (Å²) in [4.78, 5) is 2.61. The summed E-state index contributed by atoms with van der Waals surface area (Å²) in [5.74, 6) is 0.821. The van der Waals surface area contributed by atoms with Crippen LogP contribution in [0, 0.1) is 5.92 Å². The van der Waals surface area contributed by atoms with Gasteiger partial charge in [-0.3, -0.25) is 0 Å². The molecule has 0 aromatic rings. The maximum absolute atomic E-state index is 3.85. The van der Waals surface area contributed by atoms with Gasteiger partial charge in [0.15, 0.2) is 0 Å². The first-order chi connectivity index (χ1) is 7.17. The van der Waals surface area contributed by atoms with Gasteiger partial charge in [0.05, 0.1) is 0 Å². The molecule has 88 valence electrons. The molecule has 2 atom stereocenters. The van der Waals surface area contributed by atoms with E-state index in [9.17, 15) is 0 Å². The van der Waals surface area contributed by atoms with Crippen LogP contribution in [-0.4, -0.2) is 36.6 Å². The quantitative estimate of drug-likeness (QED) is 0.752. The Balaban J connectivity index is 1.96. The first-order valence-corrected chi connectivity index (χ1v) is 6.62. The lowest BCUT2D eigenvalue weighted by molar-refractivity contribution is 0.0746. The maximum atomic E-state index is 3.85. The van der Waals surface area contributed by atoms with E-state index in [0.29, 0.717) is 5.54 Å². The van der Waals surface area contributed by atoms with Crippen molar-refractivity contribution in [2.75, 3.05) is 20.1 Å². The average Bonchev–Trinajstić information content (AvgIpc) is 2.65. The molecule has 1 aliphatic heterocycles. The molecule has 1 saturated heterocycles. The smallest absolute Gasteiger partial charge is 0.0309 e. The van der Waals surface area contributed by atoms with E-state index in [2.05, 4.69) is 31.1 Å². The van der Waals surface area contributed by atoms with Crippen molar-refractivity contribution >= 4 is 0 Å². The molecular weight excluding hydrogens is 184 g/mol. The zero-order valence-corrected chi connectivity index (χ0v) is 10.6. The highest BCUT2D eigenvalue weighted by Crippen LogP contribution is 2.33. The van der Waals surface area contributed by atoms with Crippen molar-refractivity contribution in [1.29, 1.82) is 0 Å². The third-order valence-corrected chi connectivity index (χ3v) is 4.67. The molecular formula is C13H26N2. The predicted octanol–water partition coefficient (Wildman–Crippen LogP) is 2.25. The molecule has 1 spiro atoms. The summed E-state index contributed by atoms with van der Waals surface area (Å²) in [5, 5.41) is 3.85. The molecule has 2 fully saturated rings. The normalized spacial score (nSPS) is 33.4. The molecule has 2 heteroatoms. The van der Waals surface area contributed by atoms with E-state index in [1.165, 1.54) is 45.2 Å². The van der Waals surface area contributed by atoms with Crippen LogP contribution in [0.15, 0.2) is 0 Å². The lowest BCUT2D eigenvalue weighted by atomic mass is 9.88. The molecule has 0 aromatic carbocycles. The molecule has 0 radical (unpaired) electrons. The molecule has 0 amide bonds. The second kappa shape index (κ2) is 4.42. The van der Waals surface area contributed by atoms with Crippen LogP contribution in [0.1, 0.15) is 46.0 Å². The van der Waals surface area contributed by atoms with Crippen LogP contribution in [0.3, 0.4) is 0 Å². The third kappa shape index (κ3) is 2.21. The highest BCUT2D eigenvalue weighted by atomic mass is 15.2. The van der Waals surface area contributed by atoms with Gasteiger partial charge in [-0.1, -0.05) is 33.1 Å². The third-order valence-electron chi connectivity index (χ3n) is 4.67. The fourth-order valence-corrected chi connectivity index (χ4v) is 3.42. The fraction of sp³-hybridized carbons (Fsp3) is 1.00. The largest absolute Gasteiger partial charge is 0.308 e. The number of rotatable bonds is 2. The summed E-state index contributed by atoms with van der Waals surface area (Å²) in [6.07, 6.45) is 6.93. The Hall–Kier alpha value is -0.0800. The average molecular weight is 210 g/mol. The lowest BCUT2D eigenvalue weighted by Gasteiger charge is -2.46. The molecule has 2 rings (SSSR count). The highest BCUT2D eigenvalue weighted by Gasteiger charge is 2.40.